The van der Waals surface area contributed by atoms with Crippen molar-refractivity contribution in [3.63, 3.8) is 0 Å². The van der Waals surface area contributed by atoms with Gasteiger partial charge in [0, 0.05) is 35.5 Å². The summed E-state index contributed by atoms with van der Waals surface area (Å²) < 4.78 is 12.6. The van der Waals surface area contributed by atoms with Crippen LogP contribution in [-0.4, -0.2) is 36.3 Å². The van der Waals surface area contributed by atoms with Crippen molar-refractivity contribution in [1.29, 1.82) is 0 Å². The molecule has 1 saturated carbocycles. The van der Waals surface area contributed by atoms with Gasteiger partial charge in [-0.05, 0) is 67.4 Å². The molecule has 1 aliphatic heterocycles. The molecular formula is C18H25BrN2O3. The van der Waals surface area contributed by atoms with E-state index in [0.29, 0.717) is 0 Å². The second-order valence-electron chi connectivity index (χ2n) is 8.01. The average Bonchev–Trinajstić information content (AvgIpc) is 2.85. The van der Waals surface area contributed by atoms with Gasteiger partial charge in [-0.3, -0.25) is 4.98 Å². The summed E-state index contributed by atoms with van der Waals surface area (Å²) in [7, 11) is 0. The first kappa shape index (κ1) is 17.8. The second-order valence-corrected chi connectivity index (χ2v) is 8.86. The number of rotatable bonds is 4. The molecule has 2 aliphatic rings. The molecule has 0 aromatic carbocycles. The summed E-state index contributed by atoms with van der Waals surface area (Å²) in [6.07, 6.45) is 6.49. The van der Waals surface area contributed by atoms with Gasteiger partial charge in [0.25, 0.3) is 0 Å². The molecule has 0 amide bonds. The van der Waals surface area contributed by atoms with Crippen LogP contribution in [0.3, 0.4) is 0 Å². The first-order valence-electron chi connectivity index (χ1n) is 8.40. The third-order valence-electron chi connectivity index (χ3n) is 4.87. The van der Waals surface area contributed by atoms with E-state index in [-0.39, 0.29) is 18.0 Å². The Morgan fingerprint density at radius 2 is 2.12 bits per heavy atom. The Kier molecular flexibility index (Phi) is 4.75. The maximum absolute atomic E-state index is 12.1. The number of pyridine rings is 1. The van der Waals surface area contributed by atoms with Crippen LogP contribution in [0.1, 0.15) is 45.6 Å². The van der Waals surface area contributed by atoms with Crippen molar-refractivity contribution in [1.82, 2.24) is 10.3 Å². The van der Waals surface area contributed by atoms with E-state index in [2.05, 4.69) is 26.2 Å². The Labute approximate surface area is 151 Å². The minimum atomic E-state index is -0.500. The zero-order chi connectivity index (χ0) is 17.4. The fourth-order valence-electron chi connectivity index (χ4n) is 3.77. The highest BCUT2D eigenvalue weighted by Crippen LogP contribution is 2.54. The number of carbonyl (C=O) groups excluding carboxylic acids is 1. The van der Waals surface area contributed by atoms with Crippen LogP contribution in [0.15, 0.2) is 22.9 Å². The summed E-state index contributed by atoms with van der Waals surface area (Å²) in [5.74, 6) is -0.320. The lowest BCUT2D eigenvalue weighted by atomic mass is 9.78. The van der Waals surface area contributed by atoms with E-state index in [1.807, 2.05) is 26.8 Å². The van der Waals surface area contributed by atoms with E-state index in [4.69, 9.17) is 9.47 Å². The minimum Gasteiger partial charge on any atom is -0.458 e. The zero-order valence-electron chi connectivity index (χ0n) is 14.5. The fourth-order valence-corrected chi connectivity index (χ4v) is 4.39. The molecule has 1 saturated heterocycles. The molecule has 24 heavy (non-hydrogen) atoms. The lowest BCUT2D eigenvalue weighted by Crippen LogP contribution is -2.52. The van der Waals surface area contributed by atoms with Crippen LogP contribution in [-0.2, 0) is 19.9 Å². The largest absolute Gasteiger partial charge is 0.458 e. The highest BCUT2D eigenvalue weighted by molar-refractivity contribution is 9.10. The van der Waals surface area contributed by atoms with Crippen molar-refractivity contribution in [2.24, 2.45) is 5.41 Å². The summed E-state index contributed by atoms with van der Waals surface area (Å²) in [4.78, 5) is 16.3. The van der Waals surface area contributed by atoms with Gasteiger partial charge in [-0.1, -0.05) is 0 Å². The Morgan fingerprint density at radius 3 is 2.67 bits per heavy atom. The first-order chi connectivity index (χ1) is 11.2. The summed E-state index contributed by atoms with van der Waals surface area (Å²) in [6.45, 7) is 7.61. The lowest BCUT2D eigenvalue weighted by molar-refractivity contribution is -0.168. The van der Waals surface area contributed by atoms with Gasteiger partial charge in [-0.2, -0.15) is 0 Å². The molecule has 132 valence electrons. The van der Waals surface area contributed by atoms with Gasteiger partial charge >= 0.3 is 5.97 Å². The van der Waals surface area contributed by atoms with Gasteiger partial charge < -0.3 is 14.8 Å². The zero-order valence-corrected chi connectivity index (χ0v) is 16.1. The number of esters is 1. The van der Waals surface area contributed by atoms with Gasteiger partial charge in [0.15, 0.2) is 0 Å². The number of halogens is 1. The van der Waals surface area contributed by atoms with Crippen LogP contribution in [0.5, 0.6) is 0 Å². The van der Waals surface area contributed by atoms with Crippen LogP contribution in [0.25, 0.3) is 0 Å². The van der Waals surface area contributed by atoms with E-state index in [9.17, 15) is 4.79 Å². The summed E-state index contributed by atoms with van der Waals surface area (Å²) in [5, 5.41) is 3.37. The Hall–Kier alpha value is -0.980. The highest BCUT2D eigenvalue weighted by atomic mass is 79.9. The Morgan fingerprint density at radius 1 is 1.38 bits per heavy atom. The number of carbonyl (C=O) groups is 1. The Balaban J connectivity index is 1.79. The van der Waals surface area contributed by atoms with Crippen LogP contribution in [0.2, 0.25) is 0 Å². The van der Waals surface area contributed by atoms with E-state index < -0.39 is 11.2 Å². The molecule has 6 heteroatoms. The number of nitrogens with one attached hydrogen (secondary N) is 1. The predicted molar refractivity (Wildman–Crippen MR) is 94.6 cm³/mol. The maximum Gasteiger partial charge on any atom is 0.332 e. The molecule has 2 fully saturated rings. The summed E-state index contributed by atoms with van der Waals surface area (Å²) >= 11 is 3.60. The topological polar surface area (TPSA) is 60.5 Å². The van der Waals surface area contributed by atoms with Gasteiger partial charge in [0.1, 0.15) is 12.2 Å². The molecule has 1 aromatic rings. The molecule has 1 unspecified atom stereocenters. The average molecular weight is 397 g/mol. The fraction of sp³-hybridized carbons (Fsp3) is 0.667. The van der Waals surface area contributed by atoms with Gasteiger partial charge in [0.05, 0.1) is 5.60 Å². The molecule has 2 heterocycles. The van der Waals surface area contributed by atoms with Gasteiger partial charge in [-0.25, -0.2) is 4.79 Å². The number of nitrogens with zero attached hydrogens (tertiary/aromatic N) is 1. The third kappa shape index (κ3) is 3.65. The number of hydrogen-bond acceptors (Lipinski definition) is 5. The molecule has 1 atom stereocenters. The van der Waals surface area contributed by atoms with E-state index >= 15 is 0 Å². The van der Waals surface area contributed by atoms with Crippen LogP contribution < -0.4 is 5.32 Å². The van der Waals surface area contributed by atoms with E-state index in [1.54, 1.807) is 12.4 Å². The molecule has 1 spiro atoms. The molecule has 0 radical (unpaired) electrons. The van der Waals surface area contributed by atoms with Crippen LogP contribution in [0, 0.1) is 5.41 Å². The van der Waals surface area contributed by atoms with Crippen molar-refractivity contribution >= 4 is 21.9 Å². The smallest absolute Gasteiger partial charge is 0.332 e. The quantitative estimate of drug-likeness (QED) is 0.791. The molecule has 5 nitrogen and oxygen atoms in total. The lowest BCUT2D eigenvalue weighted by Gasteiger charge is -2.41. The highest BCUT2D eigenvalue weighted by Gasteiger charge is 2.53. The maximum atomic E-state index is 12.1. The second kappa shape index (κ2) is 6.39. The number of ether oxygens (including phenoxy) is 2. The van der Waals surface area contributed by atoms with Crippen molar-refractivity contribution in [3.8, 4) is 0 Å². The Bertz CT molecular complexity index is 625. The van der Waals surface area contributed by atoms with Crippen molar-refractivity contribution in [2.45, 2.75) is 51.2 Å². The molecule has 3 rings (SSSR count). The normalized spacial score (nSPS) is 25.5. The van der Waals surface area contributed by atoms with E-state index in [1.165, 1.54) is 0 Å². The van der Waals surface area contributed by atoms with Crippen LogP contribution in [0.4, 0.5) is 0 Å². The molecule has 1 aromatic heterocycles. The third-order valence-corrected chi connectivity index (χ3v) is 5.50. The van der Waals surface area contributed by atoms with E-state index in [0.717, 1.165) is 42.4 Å². The number of hydrogen-bond donors (Lipinski definition) is 1. The molecule has 0 bridgehead atoms. The minimum absolute atomic E-state index is 0.0322. The SMILES string of the molecule is CC(C)(C)OC(=O)COC1(c2ccncc2Br)CCC2(CNC2)C1. The number of aromatic nitrogens is 1. The van der Waals surface area contributed by atoms with Gasteiger partial charge in [0.2, 0.25) is 0 Å². The van der Waals surface area contributed by atoms with Crippen molar-refractivity contribution in [3.05, 3.63) is 28.5 Å². The first-order valence-corrected chi connectivity index (χ1v) is 9.20. The summed E-state index contributed by atoms with van der Waals surface area (Å²) in [5.41, 5.74) is 0.404. The molecule has 1 N–H and O–H groups in total. The molecule has 1 aliphatic carbocycles. The van der Waals surface area contributed by atoms with Crippen molar-refractivity contribution < 1.29 is 14.3 Å². The standard InChI is InChI=1S/C18H25BrN2O3/c1-16(2,3)24-15(22)9-23-18(13-4-7-20-8-14(13)19)6-5-17(10-18)11-21-12-17/h4,7-8,21H,5-6,9-12H2,1-3H3. The molecular weight excluding hydrogens is 372 g/mol. The summed E-state index contributed by atoms with van der Waals surface area (Å²) in [6, 6.07) is 1.99. The van der Waals surface area contributed by atoms with Gasteiger partial charge in [-0.15, -0.1) is 0 Å². The van der Waals surface area contributed by atoms with Crippen LogP contribution >= 0.6 is 15.9 Å². The predicted octanol–water partition coefficient (Wildman–Crippen LogP) is 3.17. The monoisotopic (exact) mass is 396 g/mol. The van der Waals surface area contributed by atoms with Crippen molar-refractivity contribution in [2.75, 3.05) is 19.7 Å².